The Labute approximate surface area is 122 Å². The van der Waals surface area contributed by atoms with E-state index in [4.69, 9.17) is 11.8 Å². The zero-order chi connectivity index (χ0) is 16.0. The van der Waals surface area contributed by atoms with Crippen LogP contribution < -0.4 is 0 Å². The van der Waals surface area contributed by atoms with E-state index in [2.05, 4.69) is 21.6 Å². The van der Waals surface area contributed by atoms with E-state index in [-0.39, 0.29) is 26.4 Å². The van der Waals surface area contributed by atoms with E-state index in [1.807, 2.05) is 6.07 Å². The van der Waals surface area contributed by atoms with Gasteiger partial charge in [0.1, 0.15) is 6.42 Å². The maximum atomic E-state index is 10.8. The smallest absolute Gasteiger partial charge is 0.316 e. The average molecular weight is 340 g/mol. The lowest BCUT2D eigenvalue weighted by Gasteiger charge is -2.36. The van der Waals surface area contributed by atoms with Crippen molar-refractivity contribution in [1.82, 2.24) is 0 Å². The van der Waals surface area contributed by atoms with Crippen LogP contribution in [-0.4, -0.2) is 49.8 Å². The van der Waals surface area contributed by atoms with Gasteiger partial charge >= 0.3 is 20.8 Å². The van der Waals surface area contributed by atoms with Gasteiger partial charge in [-0.3, -0.25) is 0 Å². The first-order chi connectivity index (χ1) is 9.74. The van der Waals surface area contributed by atoms with Crippen LogP contribution >= 0.6 is 0 Å². The summed E-state index contributed by atoms with van der Waals surface area (Å²) in [5, 5.41) is 7.80. The normalized spacial score (nSPS) is 24.9. The minimum Gasteiger partial charge on any atom is -0.316 e. The molecule has 12 heteroatoms. The fourth-order valence-corrected chi connectivity index (χ4v) is 2.93. The van der Waals surface area contributed by atoms with Crippen LogP contribution in [0.15, 0.2) is 0 Å². The third-order valence-corrected chi connectivity index (χ3v) is 4.00. The number of nitriles is 1. The number of hydrogen-bond acceptors (Lipinski definition) is 9. The van der Waals surface area contributed by atoms with E-state index in [1.165, 1.54) is 0 Å². The molecule has 0 aromatic heterocycles. The first-order valence-electron chi connectivity index (χ1n) is 5.52. The Morgan fingerprint density at radius 3 is 1.62 bits per heavy atom. The molecular weight excluding hydrogens is 328 g/mol. The van der Waals surface area contributed by atoms with Crippen LogP contribution in [0, 0.1) is 23.3 Å². The summed E-state index contributed by atoms with van der Waals surface area (Å²) in [5.74, 6) is 0. The lowest BCUT2D eigenvalue weighted by Crippen LogP contribution is -2.50. The van der Waals surface area contributed by atoms with E-state index in [1.54, 1.807) is 0 Å². The molecule has 2 fully saturated rings. The Bertz CT molecular complexity index is 553. The van der Waals surface area contributed by atoms with Crippen molar-refractivity contribution in [2.45, 2.75) is 6.42 Å². The lowest BCUT2D eigenvalue weighted by atomic mass is 9.93. The Hall–Kier alpha value is -1.28. The molecule has 0 unspecified atom stereocenters. The molecule has 2 heterocycles. The summed E-state index contributed by atoms with van der Waals surface area (Å²) in [6, 6.07) is 1.85. The molecule has 0 aromatic rings. The highest BCUT2D eigenvalue weighted by Gasteiger charge is 2.45. The van der Waals surface area contributed by atoms with E-state index in [0.717, 1.165) is 0 Å². The highest BCUT2D eigenvalue weighted by molar-refractivity contribution is 7.82. The van der Waals surface area contributed by atoms with Crippen molar-refractivity contribution in [2.75, 3.05) is 33.0 Å². The monoisotopic (exact) mass is 340 g/mol. The number of rotatable bonds is 1. The van der Waals surface area contributed by atoms with Gasteiger partial charge in [0, 0.05) is 0 Å². The van der Waals surface area contributed by atoms with Gasteiger partial charge in [0.05, 0.1) is 37.9 Å². The average Bonchev–Trinajstić information content (AvgIpc) is 2.44. The first kappa shape index (κ1) is 17.8. The molecular formula is C9H12N2O8S2. The van der Waals surface area contributed by atoms with Crippen LogP contribution in [-0.2, 0) is 37.5 Å². The van der Waals surface area contributed by atoms with Gasteiger partial charge in [-0.05, 0) is 0 Å². The summed E-state index contributed by atoms with van der Waals surface area (Å²) < 4.78 is 60.7. The number of nitrogens with zero attached hydrogens (tertiary/aromatic N) is 2. The molecule has 21 heavy (non-hydrogen) atoms. The second-order valence-corrected chi connectivity index (χ2v) is 6.73. The highest BCUT2D eigenvalue weighted by Crippen LogP contribution is 2.30. The summed E-state index contributed by atoms with van der Waals surface area (Å²) in [5.41, 5.74) is -0.878. The fourth-order valence-electron chi connectivity index (χ4n) is 1.21. The van der Waals surface area contributed by atoms with Crippen molar-refractivity contribution in [3.63, 3.8) is 0 Å². The summed E-state index contributed by atoms with van der Waals surface area (Å²) in [6.45, 7) is 5.65. The van der Waals surface area contributed by atoms with Gasteiger partial charge < -0.3 is 4.85 Å². The zero-order valence-electron chi connectivity index (χ0n) is 10.7. The molecule has 118 valence electrons. The molecule has 0 aliphatic carbocycles. The predicted octanol–water partition coefficient (Wildman–Crippen LogP) is -0.625. The predicted molar refractivity (Wildman–Crippen MR) is 65.8 cm³/mol. The second kappa shape index (κ2) is 7.13. The van der Waals surface area contributed by atoms with Gasteiger partial charge in [0.25, 0.3) is 0 Å². The van der Waals surface area contributed by atoms with Crippen molar-refractivity contribution in [2.24, 2.45) is 5.41 Å². The first-order valence-corrected chi connectivity index (χ1v) is 8.19. The van der Waals surface area contributed by atoms with Crippen molar-refractivity contribution in [1.29, 1.82) is 5.26 Å². The molecule has 2 aliphatic heterocycles. The summed E-state index contributed by atoms with van der Waals surface area (Å²) in [7, 11) is -7.89. The molecule has 2 aliphatic rings. The Kier molecular flexibility index (Phi) is 6.03. The third kappa shape index (κ3) is 5.92. The molecule has 0 aromatic carbocycles. The number of hydrogen-bond donors (Lipinski definition) is 0. The zero-order valence-corrected chi connectivity index (χ0v) is 12.4. The lowest BCUT2D eigenvalue weighted by molar-refractivity contribution is -0.0598. The van der Waals surface area contributed by atoms with Crippen molar-refractivity contribution >= 4 is 20.8 Å². The van der Waals surface area contributed by atoms with Crippen LogP contribution in [0.1, 0.15) is 6.42 Å². The van der Waals surface area contributed by atoms with E-state index < -0.39 is 26.2 Å². The van der Waals surface area contributed by atoms with Gasteiger partial charge in [-0.2, -0.15) is 22.1 Å². The van der Waals surface area contributed by atoms with Crippen LogP contribution in [0.25, 0.3) is 4.85 Å². The second-order valence-electron chi connectivity index (χ2n) is 4.16. The molecule has 0 amide bonds. The molecule has 2 saturated heterocycles. The topological polar surface area (TPSA) is 133 Å². The molecule has 0 radical (unpaired) electrons. The SMILES string of the molecule is O=S1(=O)OCC2(CO1)COS(=O)(=O)OC2.[C-]#[N+]CCC#N. The van der Waals surface area contributed by atoms with E-state index >= 15 is 0 Å². The standard InChI is InChI=1S/C5H8O8S2.C4H4N2/c6-14(7)10-1-5(2-11-14)3-12-15(8,9)13-4-5;1-6-4-2-3-5/h1-4H2;2,4H2. The maximum Gasteiger partial charge on any atom is 0.399 e. The highest BCUT2D eigenvalue weighted by atomic mass is 32.3. The summed E-state index contributed by atoms with van der Waals surface area (Å²) in [6.07, 6.45) is 0.365. The fraction of sp³-hybridized carbons (Fsp3) is 0.778. The molecule has 0 saturated carbocycles. The minimum absolute atomic E-state index is 0.217. The minimum atomic E-state index is -3.95. The van der Waals surface area contributed by atoms with Crippen LogP contribution in [0.5, 0.6) is 0 Å². The van der Waals surface area contributed by atoms with E-state index in [9.17, 15) is 16.8 Å². The van der Waals surface area contributed by atoms with Crippen LogP contribution in [0.2, 0.25) is 0 Å². The van der Waals surface area contributed by atoms with Crippen molar-refractivity contribution in [3.05, 3.63) is 11.4 Å². The van der Waals surface area contributed by atoms with Crippen LogP contribution in [0.4, 0.5) is 0 Å². The largest absolute Gasteiger partial charge is 0.399 e. The van der Waals surface area contributed by atoms with Gasteiger partial charge in [0.15, 0.2) is 0 Å². The van der Waals surface area contributed by atoms with Gasteiger partial charge in [0.2, 0.25) is 6.54 Å². The van der Waals surface area contributed by atoms with Gasteiger partial charge in [-0.25, -0.2) is 23.3 Å². The molecule has 10 nitrogen and oxygen atoms in total. The molecule has 2 rings (SSSR count). The Morgan fingerprint density at radius 1 is 1.00 bits per heavy atom. The van der Waals surface area contributed by atoms with Gasteiger partial charge in [-0.15, -0.1) is 0 Å². The molecule has 0 atom stereocenters. The Balaban J connectivity index is 0.000000315. The van der Waals surface area contributed by atoms with Crippen LogP contribution in [0.3, 0.4) is 0 Å². The third-order valence-electron chi connectivity index (χ3n) is 2.37. The maximum absolute atomic E-state index is 10.8. The van der Waals surface area contributed by atoms with Crippen molar-refractivity contribution in [3.8, 4) is 6.07 Å². The molecule has 1 spiro atoms. The van der Waals surface area contributed by atoms with Crippen molar-refractivity contribution < 1.29 is 33.6 Å². The molecule has 0 bridgehead atoms. The summed E-state index contributed by atoms with van der Waals surface area (Å²) in [4.78, 5) is 2.95. The summed E-state index contributed by atoms with van der Waals surface area (Å²) >= 11 is 0. The Morgan fingerprint density at radius 2 is 1.38 bits per heavy atom. The van der Waals surface area contributed by atoms with Gasteiger partial charge in [-0.1, -0.05) is 0 Å². The van der Waals surface area contributed by atoms with E-state index in [0.29, 0.717) is 13.0 Å². The quantitative estimate of drug-likeness (QED) is 0.452. The molecule has 0 N–H and O–H groups in total.